The minimum Gasteiger partial charge on any atom is -0.508 e. The first kappa shape index (κ1) is 42.6. The zero-order valence-electron chi connectivity index (χ0n) is 32.4. The maximum Gasteiger partial charge on any atom is 0.416 e. The number of benzene rings is 2. The van der Waals surface area contributed by atoms with E-state index in [1.807, 2.05) is 0 Å². The average Bonchev–Trinajstić information content (AvgIpc) is 3.09. The van der Waals surface area contributed by atoms with Crippen molar-refractivity contribution in [2.45, 2.75) is 58.0 Å². The number of aliphatic hydroxyl groups excluding tert-OH is 1. The number of hydrogen-bond acceptors (Lipinski definition) is 13. The van der Waals surface area contributed by atoms with Gasteiger partial charge >= 0.3 is 18.2 Å². The van der Waals surface area contributed by atoms with Gasteiger partial charge in [-0.05, 0) is 74.2 Å². The van der Waals surface area contributed by atoms with Gasteiger partial charge in [-0.25, -0.2) is 9.59 Å². The number of anilines is 1. The summed E-state index contributed by atoms with van der Waals surface area (Å²) >= 11 is 0. The molecule has 0 spiro atoms. The van der Waals surface area contributed by atoms with Crippen LogP contribution in [-0.4, -0.2) is 114 Å². The summed E-state index contributed by atoms with van der Waals surface area (Å²) in [5, 5.41) is 34.9. The van der Waals surface area contributed by atoms with Crippen LogP contribution in [-0.2, 0) is 43.0 Å². The lowest BCUT2D eigenvalue weighted by molar-refractivity contribution is -0.163. The molecular formula is C39H45F3N4O11. The van der Waals surface area contributed by atoms with Crippen LogP contribution in [0, 0.1) is 23.2 Å². The van der Waals surface area contributed by atoms with Crippen LogP contribution in [0.2, 0.25) is 0 Å². The van der Waals surface area contributed by atoms with Gasteiger partial charge in [0.15, 0.2) is 23.0 Å². The van der Waals surface area contributed by atoms with Crippen LogP contribution >= 0.6 is 0 Å². The summed E-state index contributed by atoms with van der Waals surface area (Å²) in [5.41, 5.74) is 0.495. The van der Waals surface area contributed by atoms with Crippen molar-refractivity contribution in [2.75, 3.05) is 46.4 Å². The van der Waals surface area contributed by atoms with E-state index in [1.54, 1.807) is 45.8 Å². The number of Topliss-reactive ketones (excluding diaryl/α,β-unsaturated/α-hetero) is 3. The highest BCUT2D eigenvalue weighted by atomic mass is 19.4. The molecule has 5 rings (SSSR count). The second-order valence-electron chi connectivity index (χ2n) is 16.2. The molecular weight excluding hydrogens is 757 g/mol. The molecule has 308 valence electrons. The fourth-order valence-electron chi connectivity index (χ4n) is 8.15. The Hall–Kier alpha value is -5.49. The number of rotatable bonds is 9. The van der Waals surface area contributed by atoms with Crippen molar-refractivity contribution in [1.82, 2.24) is 9.80 Å². The number of fused-ring (bicyclic) bond motifs is 3. The quantitative estimate of drug-likeness (QED) is 0.124. The fraction of sp³-hybridized carbons (Fsp3) is 0.487. The van der Waals surface area contributed by atoms with E-state index in [0.29, 0.717) is 23.4 Å². The number of nitrogens with zero attached hydrogens (tertiary/aromatic N) is 3. The van der Waals surface area contributed by atoms with Crippen LogP contribution in [0.3, 0.4) is 0 Å². The monoisotopic (exact) mass is 802 g/mol. The molecule has 57 heavy (non-hydrogen) atoms. The number of esters is 1. The van der Waals surface area contributed by atoms with E-state index in [4.69, 9.17) is 15.2 Å². The lowest BCUT2D eigenvalue weighted by Crippen LogP contribution is -2.68. The molecule has 3 aliphatic rings. The molecule has 5 N–H and O–H groups in total. The highest BCUT2D eigenvalue weighted by molar-refractivity contribution is 6.25. The number of hydrogen-bond donors (Lipinski definition) is 4. The Bertz CT molecular complexity index is 2060. The number of primary amides is 1. The largest absolute Gasteiger partial charge is 0.508 e. The normalized spacial score (nSPS) is 23.4. The number of phenols is 1. The molecule has 0 aliphatic heterocycles. The molecule has 3 aliphatic carbocycles. The minimum atomic E-state index is -4.62. The first-order valence-electron chi connectivity index (χ1n) is 17.9. The van der Waals surface area contributed by atoms with E-state index in [2.05, 4.69) is 0 Å². The lowest BCUT2D eigenvalue weighted by Gasteiger charge is -2.52. The van der Waals surface area contributed by atoms with Crippen molar-refractivity contribution >= 4 is 41.0 Å². The van der Waals surface area contributed by atoms with Crippen molar-refractivity contribution in [3.8, 4) is 5.75 Å². The summed E-state index contributed by atoms with van der Waals surface area (Å²) in [6, 6.07) is 3.55. The number of carbonyl (C=O) groups excluding carboxylic acids is 6. The number of halogens is 3. The summed E-state index contributed by atoms with van der Waals surface area (Å²) in [6.07, 6.45) is -5.70. The van der Waals surface area contributed by atoms with Gasteiger partial charge in [-0.15, -0.1) is 0 Å². The molecule has 15 nitrogen and oxygen atoms in total. The number of ether oxygens (including phenoxy) is 2. The molecule has 0 saturated heterocycles. The third-order valence-electron chi connectivity index (χ3n) is 10.6. The zero-order valence-corrected chi connectivity index (χ0v) is 32.4. The summed E-state index contributed by atoms with van der Waals surface area (Å²) < 4.78 is 48.9. The summed E-state index contributed by atoms with van der Waals surface area (Å²) in [4.78, 5) is 84.7. The number of phenolic OH excluding ortho intramolecular Hbond substituents is 1. The minimum absolute atomic E-state index is 0.0115. The molecule has 0 radical (unpaired) electrons. The molecule has 0 heterocycles. The molecule has 1 saturated carbocycles. The smallest absolute Gasteiger partial charge is 0.416 e. The van der Waals surface area contributed by atoms with Gasteiger partial charge in [0, 0.05) is 37.8 Å². The number of alkyl halides is 3. The third kappa shape index (κ3) is 7.79. The van der Waals surface area contributed by atoms with E-state index in [1.165, 1.54) is 23.9 Å². The number of amides is 2. The standard InChI is InChI=1S/C39H45F3N4O11/c1-37(2,3)16-46(36(54)57-17-56-35(53)18-8-10-21(11-9-18)39(40,41)42)15-20-14-24(44(4)5)22-12-19-13-23-28(45(6)7)31(49)27(34(43)52)33(51)38(23,55)32(50)25(19)30(48)26(22)29(20)47/h8-11,14,19,23,25,28,47,51,55H,12-13,15-17H2,1-7H3,(H2,43,52)/t19?,23?,25?,28-,38-/m0/s1. The number of aromatic hydroxyl groups is 1. The van der Waals surface area contributed by atoms with Crippen molar-refractivity contribution in [1.29, 1.82) is 0 Å². The molecule has 0 bridgehead atoms. The van der Waals surface area contributed by atoms with Gasteiger partial charge in [0.05, 0.1) is 35.2 Å². The first-order chi connectivity index (χ1) is 26.3. The Kier molecular flexibility index (Phi) is 11.3. The third-order valence-corrected chi connectivity index (χ3v) is 10.6. The Morgan fingerprint density at radius 1 is 0.965 bits per heavy atom. The van der Waals surface area contributed by atoms with Crippen LogP contribution in [0.25, 0.3) is 0 Å². The molecule has 2 aromatic rings. The Balaban J connectivity index is 1.46. The predicted octanol–water partition coefficient (Wildman–Crippen LogP) is 3.38. The van der Waals surface area contributed by atoms with Gasteiger partial charge in [0.2, 0.25) is 6.79 Å². The Morgan fingerprint density at radius 3 is 2.11 bits per heavy atom. The molecule has 3 unspecified atom stereocenters. The van der Waals surface area contributed by atoms with Crippen molar-refractivity contribution in [3.05, 3.63) is 69.5 Å². The second kappa shape index (κ2) is 15.1. The Labute approximate surface area is 325 Å². The van der Waals surface area contributed by atoms with Crippen LogP contribution in [0.4, 0.5) is 23.7 Å². The van der Waals surface area contributed by atoms with Crippen LogP contribution in [0.15, 0.2) is 41.7 Å². The summed E-state index contributed by atoms with van der Waals surface area (Å²) in [6.45, 7) is 4.16. The summed E-state index contributed by atoms with van der Waals surface area (Å²) in [7, 11) is 6.36. The Morgan fingerprint density at radius 2 is 1.58 bits per heavy atom. The fourth-order valence-corrected chi connectivity index (χ4v) is 8.15. The molecule has 18 heteroatoms. The second-order valence-corrected chi connectivity index (χ2v) is 16.2. The molecule has 2 aromatic carbocycles. The molecule has 5 atom stereocenters. The van der Waals surface area contributed by atoms with Crippen molar-refractivity contribution < 1.29 is 66.7 Å². The van der Waals surface area contributed by atoms with E-state index in [9.17, 15) is 57.3 Å². The molecule has 1 fully saturated rings. The van der Waals surface area contributed by atoms with Gasteiger partial charge in [-0.2, -0.15) is 13.2 Å². The number of carbonyl (C=O) groups is 6. The number of ketones is 3. The number of aliphatic hydroxyl groups is 2. The molecule has 2 amide bonds. The highest BCUT2D eigenvalue weighted by Crippen LogP contribution is 2.53. The SMILES string of the molecule is CN(C)c1cc(CN(CC(C)(C)C)C(=O)OCOC(=O)c2ccc(C(F)(F)F)cc2)c(O)c2c1CC1CC3[C@H](N(C)C)C(=O)C(C(N)=O)=C(O)[C@@]3(O)C(=O)C1C2=O. The van der Waals surface area contributed by atoms with Crippen LogP contribution in [0.1, 0.15) is 64.6 Å². The van der Waals surface area contributed by atoms with Gasteiger partial charge in [0.1, 0.15) is 17.1 Å². The summed E-state index contributed by atoms with van der Waals surface area (Å²) in [5.74, 6) is -10.8. The van der Waals surface area contributed by atoms with Gasteiger partial charge in [-0.1, -0.05) is 20.8 Å². The zero-order chi connectivity index (χ0) is 42.7. The average molecular weight is 803 g/mol. The van der Waals surface area contributed by atoms with E-state index in [-0.39, 0.29) is 42.6 Å². The lowest BCUT2D eigenvalue weighted by atomic mass is 9.54. The van der Waals surface area contributed by atoms with E-state index in [0.717, 1.165) is 12.1 Å². The number of likely N-dealkylation sites (N-methyl/N-ethyl adjacent to an activating group) is 1. The van der Waals surface area contributed by atoms with E-state index >= 15 is 0 Å². The van der Waals surface area contributed by atoms with Crippen LogP contribution in [0.5, 0.6) is 5.75 Å². The number of nitrogens with two attached hydrogens (primary N) is 1. The maximum atomic E-state index is 14.5. The van der Waals surface area contributed by atoms with Gasteiger partial charge in [-0.3, -0.25) is 24.1 Å². The predicted molar refractivity (Wildman–Crippen MR) is 195 cm³/mol. The topological polar surface area (TPSA) is 217 Å². The van der Waals surface area contributed by atoms with Gasteiger partial charge < -0.3 is 40.3 Å². The van der Waals surface area contributed by atoms with Crippen molar-refractivity contribution in [3.63, 3.8) is 0 Å². The van der Waals surface area contributed by atoms with E-state index < -0.39 is 106 Å². The highest BCUT2D eigenvalue weighted by Gasteiger charge is 2.66. The molecule has 0 aromatic heterocycles. The first-order valence-corrected chi connectivity index (χ1v) is 17.9. The maximum absolute atomic E-state index is 14.5. The van der Waals surface area contributed by atoms with Crippen LogP contribution < -0.4 is 10.6 Å². The van der Waals surface area contributed by atoms with Gasteiger partial charge in [0.25, 0.3) is 5.91 Å². The van der Waals surface area contributed by atoms with Crippen molar-refractivity contribution in [2.24, 2.45) is 28.9 Å².